The molecule has 0 aliphatic carbocycles. The monoisotopic (exact) mass is 350 g/mol. The number of nitrogens with zero attached hydrogens (tertiary/aromatic N) is 2. The summed E-state index contributed by atoms with van der Waals surface area (Å²) in [5.74, 6) is 0.172. The SMILES string of the molecule is COc1cc(NC(=O)N2CCCC2C(C#N)c2ccccc2)ccc1N. The van der Waals surface area contributed by atoms with Gasteiger partial charge in [-0.25, -0.2) is 4.79 Å². The smallest absolute Gasteiger partial charge is 0.322 e. The summed E-state index contributed by atoms with van der Waals surface area (Å²) < 4.78 is 5.19. The van der Waals surface area contributed by atoms with Crippen molar-refractivity contribution >= 4 is 17.4 Å². The van der Waals surface area contributed by atoms with E-state index >= 15 is 0 Å². The molecule has 0 saturated carbocycles. The maximum atomic E-state index is 12.8. The maximum absolute atomic E-state index is 12.8. The molecule has 1 heterocycles. The van der Waals surface area contributed by atoms with Crippen molar-refractivity contribution in [2.75, 3.05) is 24.7 Å². The second-order valence-corrected chi connectivity index (χ2v) is 6.31. The number of carbonyl (C=O) groups is 1. The molecule has 134 valence electrons. The summed E-state index contributed by atoms with van der Waals surface area (Å²) in [6, 6.07) is 16.8. The first-order valence-corrected chi connectivity index (χ1v) is 8.59. The van der Waals surface area contributed by atoms with Crippen LogP contribution in [0.4, 0.5) is 16.2 Å². The van der Waals surface area contributed by atoms with E-state index in [1.165, 1.54) is 7.11 Å². The van der Waals surface area contributed by atoms with Gasteiger partial charge in [0.05, 0.1) is 30.8 Å². The Kier molecular flexibility index (Phi) is 5.28. The van der Waals surface area contributed by atoms with E-state index in [4.69, 9.17) is 10.5 Å². The first-order valence-electron chi connectivity index (χ1n) is 8.59. The predicted octanol–water partition coefficient (Wildman–Crippen LogP) is 3.58. The van der Waals surface area contributed by atoms with Gasteiger partial charge < -0.3 is 20.7 Å². The summed E-state index contributed by atoms with van der Waals surface area (Å²) in [5.41, 5.74) is 7.87. The van der Waals surface area contributed by atoms with Crippen molar-refractivity contribution in [3.8, 4) is 11.8 Å². The fourth-order valence-corrected chi connectivity index (χ4v) is 3.42. The molecular formula is C20H22N4O2. The van der Waals surface area contributed by atoms with E-state index in [0.29, 0.717) is 23.7 Å². The van der Waals surface area contributed by atoms with Crippen LogP contribution in [-0.4, -0.2) is 30.6 Å². The summed E-state index contributed by atoms with van der Waals surface area (Å²) in [6.45, 7) is 0.633. The van der Waals surface area contributed by atoms with Gasteiger partial charge in [-0.05, 0) is 30.5 Å². The summed E-state index contributed by atoms with van der Waals surface area (Å²) >= 11 is 0. The van der Waals surface area contributed by atoms with Gasteiger partial charge in [0.1, 0.15) is 5.75 Å². The molecule has 1 aliphatic heterocycles. The van der Waals surface area contributed by atoms with Gasteiger partial charge in [-0.2, -0.15) is 5.26 Å². The standard InChI is InChI=1S/C20H22N4O2/c1-26-19-12-15(9-10-17(19)22)23-20(25)24-11-5-8-18(24)16(13-21)14-6-3-2-4-7-14/h2-4,6-7,9-10,12,16,18H,5,8,11,22H2,1H3,(H,23,25). The Balaban J connectivity index is 1.77. The average molecular weight is 350 g/mol. The van der Waals surface area contributed by atoms with E-state index in [9.17, 15) is 10.1 Å². The van der Waals surface area contributed by atoms with Crippen molar-refractivity contribution in [1.29, 1.82) is 5.26 Å². The quantitative estimate of drug-likeness (QED) is 0.825. The lowest BCUT2D eigenvalue weighted by molar-refractivity contribution is 0.203. The first kappa shape index (κ1) is 17.6. The number of nitrogens with two attached hydrogens (primary N) is 1. The number of hydrogen-bond donors (Lipinski definition) is 2. The number of nitrogens with one attached hydrogen (secondary N) is 1. The van der Waals surface area contributed by atoms with Crippen LogP contribution in [0.5, 0.6) is 5.75 Å². The van der Waals surface area contributed by atoms with Crippen molar-refractivity contribution in [1.82, 2.24) is 4.90 Å². The number of amides is 2. The third-order valence-corrected chi connectivity index (χ3v) is 4.73. The number of ether oxygens (including phenoxy) is 1. The Bertz CT molecular complexity index is 816. The zero-order valence-corrected chi connectivity index (χ0v) is 14.7. The number of hydrogen-bond acceptors (Lipinski definition) is 4. The van der Waals surface area contributed by atoms with Crippen LogP contribution in [0.25, 0.3) is 0 Å². The van der Waals surface area contributed by atoms with Crippen LogP contribution in [0.15, 0.2) is 48.5 Å². The minimum atomic E-state index is -0.342. The lowest BCUT2D eigenvalue weighted by Gasteiger charge is -2.28. The number of nitriles is 1. The van der Waals surface area contributed by atoms with Gasteiger partial charge in [-0.15, -0.1) is 0 Å². The molecule has 2 aromatic rings. The predicted molar refractivity (Wildman–Crippen MR) is 101 cm³/mol. The Morgan fingerprint density at radius 3 is 2.81 bits per heavy atom. The molecular weight excluding hydrogens is 328 g/mol. The third-order valence-electron chi connectivity index (χ3n) is 4.73. The van der Waals surface area contributed by atoms with Crippen LogP contribution in [-0.2, 0) is 0 Å². The lowest BCUT2D eigenvalue weighted by atomic mass is 9.91. The highest BCUT2D eigenvalue weighted by Gasteiger charge is 2.35. The second kappa shape index (κ2) is 7.79. The number of urea groups is 1. The molecule has 0 spiro atoms. The van der Waals surface area contributed by atoms with E-state index in [2.05, 4.69) is 11.4 Å². The van der Waals surface area contributed by atoms with Gasteiger partial charge in [0.15, 0.2) is 0 Å². The molecule has 0 aromatic heterocycles. The molecule has 2 atom stereocenters. The molecule has 26 heavy (non-hydrogen) atoms. The summed E-state index contributed by atoms with van der Waals surface area (Å²) in [7, 11) is 1.53. The van der Waals surface area contributed by atoms with Gasteiger partial charge in [0.25, 0.3) is 0 Å². The lowest BCUT2D eigenvalue weighted by Crippen LogP contribution is -2.41. The molecule has 3 rings (SSSR count). The van der Waals surface area contributed by atoms with Gasteiger partial charge >= 0.3 is 6.03 Å². The summed E-state index contributed by atoms with van der Waals surface area (Å²) in [5, 5.41) is 12.6. The number of benzene rings is 2. The van der Waals surface area contributed by atoms with Crippen LogP contribution in [0.1, 0.15) is 24.3 Å². The molecule has 2 amide bonds. The zero-order valence-electron chi connectivity index (χ0n) is 14.7. The van der Waals surface area contributed by atoms with E-state index in [1.807, 2.05) is 30.3 Å². The van der Waals surface area contributed by atoms with Crippen LogP contribution < -0.4 is 15.8 Å². The topological polar surface area (TPSA) is 91.4 Å². The molecule has 0 radical (unpaired) electrons. The van der Waals surface area contributed by atoms with E-state index in [0.717, 1.165) is 18.4 Å². The normalized spacial score (nSPS) is 17.4. The third kappa shape index (κ3) is 3.57. The fourth-order valence-electron chi connectivity index (χ4n) is 3.42. The van der Waals surface area contributed by atoms with Gasteiger partial charge in [-0.1, -0.05) is 30.3 Å². The second-order valence-electron chi connectivity index (χ2n) is 6.31. The molecule has 2 aromatic carbocycles. The molecule has 1 saturated heterocycles. The minimum absolute atomic E-state index is 0.141. The molecule has 1 fully saturated rings. The van der Waals surface area contributed by atoms with E-state index < -0.39 is 0 Å². The molecule has 0 bridgehead atoms. The highest BCUT2D eigenvalue weighted by Crippen LogP contribution is 2.32. The van der Waals surface area contributed by atoms with Crippen molar-refractivity contribution < 1.29 is 9.53 Å². The van der Waals surface area contributed by atoms with Crippen LogP contribution in [0.3, 0.4) is 0 Å². The Hall–Kier alpha value is -3.20. The van der Waals surface area contributed by atoms with E-state index in [-0.39, 0.29) is 18.0 Å². The number of nitrogen functional groups attached to an aromatic ring is 1. The molecule has 6 nitrogen and oxygen atoms in total. The Labute approximate surface area is 153 Å². The number of rotatable bonds is 4. The largest absolute Gasteiger partial charge is 0.495 e. The highest BCUT2D eigenvalue weighted by atomic mass is 16.5. The fraction of sp³-hybridized carbons (Fsp3) is 0.300. The Morgan fingerprint density at radius 1 is 1.35 bits per heavy atom. The Morgan fingerprint density at radius 2 is 2.12 bits per heavy atom. The van der Waals surface area contributed by atoms with Crippen LogP contribution in [0.2, 0.25) is 0 Å². The van der Waals surface area contributed by atoms with Crippen molar-refractivity contribution in [3.05, 3.63) is 54.1 Å². The molecule has 1 aliphatic rings. The summed E-state index contributed by atoms with van der Waals surface area (Å²) in [6.07, 6.45) is 1.69. The average Bonchev–Trinajstić information content (AvgIpc) is 3.14. The van der Waals surface area contributed by atoms with Gasteiger partial charge in [0.2, 0.25) is 0 Å². The minimum Gasteiger partial charge on any atom is -0.495 e. The molecule has 3 N–H and O–H groups in total. The molecule has 6 heteroatoms. The number of methoxy groups -OCH3 is 1. The van der Waals surface area contributed by atoms with Crippen molar-refractivity contribution in [2.45, 2.75) is 24.8 Å². The number of likely N-dealkylation sites (tertiary alicyclic amines) is 1. The van der Waals surface area contributed by atoms with Crippen LogP contribution >= 0.6 is 0 Å². The van der Waals surface area contributed by atoms with Crippen LogP contribution in [0, 0.1) is 11.3 Å². The van der Waals surface area contributed by atoms with Gasteiger partial charge in [0, 0.05) is 18.3 Å². The highest BCUT2D eigenvalue weighted by molar-refractivity contribution is 5.90. The zero-order chi connectivity index (χ0) is 18.5. The summed E-state index contributed by atoms with van der Waals surface area (Å²) in [4.78, 5) is 14.5. The van der Waals surface area contributed by atoms with E-state index in [1.54, 1.807) is 23.1 Å². The molecule has 2 unspecified atom stereocenters. The first-order chi connectivity index (χ1) is 12.6. The number of carbonyl (C=O) groups excluding carboxylic acids is 1. The number of anilines is 2. The maximum Gasteiger partial charge on any atom is 0.322 e. The van der Waals surface area contributed by atoms with Gasteiger partial charge in [-0.3, -0.25) is 0 Å². The van der Waals surface area contributed by atoms with Crippen molar-refractivity contribution in [3.63, 3.8) is 0 Å². The van der Waals surface area contributed by atoms with Crippen molar-refractivity contribution in [2.24, 2.45) is 0 Å².